The van der Waals surface area contributed by atoms with Crippen molar-refractivity contribution in [3.63, 3.8) is 0 Å². The van der Waals surface area contributed by atoms with Crippen LogP contribution in [0.2, 0.25) is 0 Å². The van der Waals surface area contributed by atoms with Crippen molar-refractivity contribution < 1.29 is 18.7 Å². The largest absolute Gasteiger partial charge is 0.497 e. The Kier molecular flexibility index (Phi) is 7.85. The second kappa shape index (κ2) is 10.6. The fraction of sp³-hybridized carbons (Fsp3) is 0.423. The van der Waals surface area contributed by atoms with Gasteiger partial charge in [-0.05, 0) is 75.9 Å². The molecular formula is C26H32FNO3. The lowest BCUT2D eigenvalue weighted by Crippen LogP contribution is -2.30. The van der Waals surface area contributed by atoms with Gasteiger partial charge in [0, 0.05) is 12.1 Å². The van der Waals surface area contributed by atoms with E-state index < -0.39 is 11.8 Å². The molecule has 2 unspecified atom stereocenters. The van der Waals surface area contributed by atoms with Crippen LogP contribution in [0, 0.1) is 11.7 Å². The Bertz CT molecular complexity index is 938. The molecule has 0 amide bonds. The minimum Gasteiger partial charge on any atom is -0.497 e. The van der Waals surface area contributed by atoms with Gasteiger partial charge in [0.25, 0.3) is 0 Å². The van der Waals surface area contributed by atoms with Crippen LogP contribution in [-0.4, -0.2) is 45.2 Å². The summed E-state index contributed by atoms with van der Waals surface area (Å²) >= 11 is 0. The highest BCUT2D eigenvalue weighted by molar-refractivity contribution is 5.90. The molecule has 0 saturated heterocycles. The zero-order valence-electron chi connectivity index (χ0n) is 18.9. The SMILES string of the molecule is CCOC(=O)c1cccc(C=C2CCCC(c3cccc(OC)c3)C2CN(C)C)c1F. The Hall–Kier alpha value is -2.66. The summed E-state index contributed by atoms with van der Waals surface area (Å²) in [6.07, 6.45) is 4.98. The van der Waals surface area contributed by atoms with Gasteiger partial charge >= 0.3 is 5.97 Å². The predicted molar refractivity (Wildman–Crippen MR) is 122 cm³/mol. The first kappa shape index (κ1) is 23.0. The maximum Gasteiger partial charge on any atom is 0.341 e. The lowest BCUT2D eigenvalue weighted by molar-refractivity contribution is 0.0521. The number of rotatable bonds is 7. The number of carbonyl (C=O) groups excluding carboxylic acids is 1. The zero-order valence-corrected chi connectivity index (χ0v) is 18.9. The average molecular weight is 426 g/mol. The molecular weight excluding hydrogens is 393 g/mol. The molecule has 2 aromatic carbocycles. The molecule has 2 aromatic rings. The van der Waals surface area contributed by atoms with Crippen molar-refractivity contribution in [1.82, 2.24) is 4.90 Å². The molecule has 0 spiro atoms. The van der Waals surface area contributed by atoms with E-state index in [2.05, 4.69) is 31.1 Å². The summed E-state index contributed by atoms with van der Waals surface area (Å²) in [5.74, 6) is 0.296. The van der Waals surface area contributed by atoms with Gasteiger partial charge in [-0.3, -0.25) is 0 Å². The first-order chi connectivity index (χ1) is 14.9. The van der Waals surface area contributed by atoms with Crippen LogP contribution in [0.4, 0.5) is 4.39 Å². The van der Waals surface area contributed by atoms with Crippen molar-refractivity contribution in [2.75, 3.05) is 34.4 Å². The smallest absolute Gasteiger partial charge is 0.341 e. The molecule has 1 aliphatic rings. The highest BCUT2D eigenvalue weighted by Gasteiger charge is 2.31. The van der Waals surface area contributed by atoms with Gasteiger partial charge in [0.05, 0.1) is 19.3 Å². The van der Waals surface area contributed by atoms with Gasteiger partial charge < -0.3 is 14.4 Å². The summed E-state index contributed by atoms with van der Waals surface area (Å²) in [5.41, 5.74) is 2.89. The van der Waals surface area contributed by atoms with E-state index in [1.54, 1.807) is 26.2 Å². The van der Waals surface area contributed by atoms with Crippen LogP contribution in [0.5, 0.6) is 5.75 Å². The van der Waals surface area contributed by atoms with E-state index in [0.717, 1.165) is 31.6 Å². The number of ether oxygens (including phenoxy) is 2. The predicted octanol–water partition coefficient (Wildman–Crippen LogP) is 5.54. The quantitative estimate of drug-likeness (QED) is 0.546. The van der Waals surface area contributed by atoms with E-state index in [1.807, 2.05) is 18.2 Å². The minimum absolute atomic E-state index is 0.0134. The molecule has 166 valence electrons. The molecule has 31 heavy (non-hydrogen) atoms. The summed E-state index contributed by atoms with van der Waals surface area (Å²) in [4.78, 5) is 14.3. The van der Waals surface area contributed by atoms with Crippen molar-refractivity contribution >= 4 is 12.0 Å². The zero-order chi connectivity index (χ0) is 22.4. The Balaban J connectivity index is 1.99. The molecule has 1 aliphatic carbocycles. The van der Waals surface area contributed by atoms with E-state index >= 15 is 4.39 Å². The number of hydrogen-bond acceptors (Lipinski definition) is 4. The van der Waals surface area contributed by atoms with Crippen molar-refractivity contribution in [3.8, 4) is 5.75 Å². The number of methoxy groups -OCH3 is 1. The van der Waals surface area contributed by atoms with E-state index in [-0.39, 0.29) is 18.1 Å². The summed E-state index contributed by atoms with van der Waals surface area (Å²) in [6, 6.07) is 13.2. The van der Waals surface area contributed by atoms with E-state index in [0.29, 0.717) is 11.5 Å². The standard InChI is InChI=1S/C26H32FNO3/c1-5-31-26(29)23-14-8-11-20(25(23)27)15-18-10-7-13-22(24(18)17-28(2)3)19-9-6-12-21(16-19)30-4/h6,8-9,11-12,14-16,22,24H,5,7,10,13,17H2,1-4H3. The van der Waals surface area contributed by atoms with Crippen molar-refractivity contribution in [1.29, 1.82) is 0 Å². The maximum atomic E-state index is 15.1. The maximum absolute atomic E-state index is 15.1. The highest BCUT2D eigenvalue weighted by Crippen LogP contribution is 2.43. The lowest BCUT2D eigenvalue weighted by Gasteiger charge is -2.36. The molecule has 3 rings (SSSR count). The van der Waals surface area contributed by atoms with E-state index in [9.17, 15) is 4.79 Å². The summed E-state index contributed by atoms with van der Waals surface area (Å²) in [6.45, 7) is 2.80. The van der Waals surface area contributed by atoms with Crippen molar-refractivity contribution in [2.45, 2.75) is 32.1 Å². The Morgan fingerprint density at radius 3 is 2.71 bits per heavy atom. The molecule has 4 nitrogen and oxygen atoms in total. The number of carbonyl (C=O) groups is 1. The fourth-order valence-electron chi connectivity index (χ4n) is 4.49. The topological polar surface area (TPSA) is 38.8 Å². The first-order valence-corrected chi connectivity index (χ1v) is 10.9. The third-order valence-electron chi connectivity index (χ3n) is 5.89. The Morgan fingerprint density at radius 1 is 1.23 bits per heavy atom. The van der Waals surface area contributed by atoms with Crippen LogP contribution in [0.25, 0.3) is 6.08 Å². The molecule has 2 atom stereocenters. The van der Waals surface area contributed by atoms with Crippen LogP contribution in [0.1, 0.15) is 53.6 Å². The molecule has 0 aromatic heterocycles. The van der Waals surface area contributed by atoms with E-state index in [4.69, 9.17) is 9.47 Å². The first-order valence-electron chi connectivity index (χ1n) is 10.9. The second-order valence-electron chi connectivity index (χ2n) is 8.29. The van der Waals surface area contributed by atoms with Gasteiger partial charge in [0.15, 0.2) is 0 Å². The Morgan fingerprint density at radius 2 is 2.00 bits per heavy atom. The fourth-order valence-corrected chi connectivity index (χ4v) is 4.49. The lowest BCUT2D eigenvalue weighted by atomic mass is 9.71. The van der Waals surface area contributed by atoms with Crippen molar-refractivity contribution in [2.24, 2.45) is 5.92 Å². The number of hydrogen-bond donors (Lipinski definition) is 0. The molecule has 0 bridgehead atoms. The second-order valence-corrected chi connectivity index (χ2v) is 8.29. The molecule has 0 radical (unpaired) electrons. The van der Waals surface area contributed by atoms with Crippen LogP contribution in [0.3, 0.4) is 0 Å². The van der Waals surface area contributed by atoms with E-state index in [1.165, 1.54) is 17.2 Å². The molecule has 1 fully saturated rings. The third-order valence-corrected chi connectivity index (χ3v) is 5.89. The average Bonchev–Trinajstić information content (AvgIpc) is 2.76. The van der Waals surface area contributed by atoms with Gasteiger partial charge in [0.1, 0.15) is 11.6 Å². The number of nitrogens with zero attached hydrogens (tertiary/aromatic N) is 1. The molecule has 5 heteroatoms. The number of benzene rings is 2. The van der Waals surface area contributed by atoms with Gasteiger partial charge in [-0.25, -0.2) is 9.18 Å². The highest BCUT2D eigenvalue weighted by atomic mass is 19.1. The normalized spacial score (nSPS) is 20.1. The van der Waals surface area contributed by atoms with Crippen LogP contribution >= 0.6 is 0 Å². The number of halogens is 1. The summed E-state index contributed by atoms with van der Waals surface area (Å²) in [7, 11) is 5.82. The molecule has 1 saturated carbocycles. The monoisotopic (exact) mass is 425 g/mol. The molecule has 0 heterocycles. The summed E-state index contributed by atoms with van der Waals surface area (Å²) < 4.78 is 25.6. The van der Waals surface area contributed by atoms with Gasteiger partial charge in [-0.15, -0.1) is 0 Å². The van der Waals surface area contributed by atoms with Crippen LogP contribution in [0.15, 0.2) is 48.0 Å². The minimum atomic E-state index is -0.622. The van der Waals surface area contributed by atoms with Gasteiger partial charge in [-0.2, -0.15) is 0 Å². The molecule has 0 aliphatic heterocycles. The van der Waals surface area contributed by atoms with Crippen LogP contribution < -0.4 is 4.74 Å². The third kappa shape index (κ3) is 5.53. The van der Waals surface area contributed by atoms with Crippen LogP contribution in [-0.2, 0) is 4.74 Å². The van der Waals surface area contributed by atoms with Crippen molar-refractivity contribution in [3.05, 3.63) is 70.5 Å². The number of esters is 1. The van der Waals surface area contributed by atoms with Gasteiger partial charge in [-0.1, -0.05) is 35.9 Å². The summed E-state index contributed by atoms with van der Waals surface area (Å²) in [5, 5.41) is 0. The van der Waals surface area contributed by atoms with Gasteiger partial charge in [0.2, 0.25) is 0 Å². The molecule has 0 N–H and O–H groups in total. The Labute approximate surface area is 184 Å².